The minimum Gasteiger partial charge on any atom is -0.383 e. The predicted molar refractivity (Wildman–Crippen MR) is 48.1 cm³/mol. The van der Waals surface area contributed by atoms with E-state index < -0.39 is 0 Å². The second-order valence-corrected chi connectivity index (χ2v) is 2.50. The summed E-state index contributed by atoms with van der Waals surface area (Å²) in [7, 11) is 1.69. The van der Waals surface area contributed by atoms with Crippen LogP contribution in [-0.4, -0.2) is 51.2 Å². The lowest BCUT2D eigenvalue weighted by molar-refractivity contribution is -0.109. The molecule has 4 heteroatoms. The number of hydrogen-bond donors (Lipinski definition) is 1. The van der Waals surface area contributed by atoms with E-state index in [4.69, 9.17) is 4.74 Å². The monoisotopic (exact) mass is 174 g/mol. The number of nitrogens with zero attached hydrogens (tertiary/aromatic N) is 1. The smallest absolute Gasteiger partial charge is 0.207 e. The lowest BCUT2D eigenvalue weighted by Crippen LogP contribution is -2.33. The van der Waals surface area contributed by atoms with Crippen molar-refractivity contribution in [2.45, 2.75) is 6.92 Å². The Labute approximate surface area is 73.9 Å². The third kappa shape index (κ3) is 6.12. The molecule has 0 spiro atoms. The Bertz CT molecular complexity index is 109. The van der Waals surface area contributed by atoms with Gasteiger partial charge in [-0.05, 0) is 6.54 Å². The molecule has 0 atom stereocenters. The van der Waals surface area contributed by atoms with Crippen molar-refractivity contribution in [2.75, 3.05) is 39.9 Å². The highest BCUT2D eigenvalue weighted by atomic mass is 16.5. The Morgan fingerprint density at radius 1 is 1.50 bits per heavy atom. The molecule has 0 bridgehead atoms. The maximum Gasteiger partial charge on any atom is 0.207 e. The summed E-state index contributed by atoms with van der Waals surface area (Å²) in [5.74, 6) is 0. The van der Waals surface area contributed by atoms with Crippen molar-refractivity contribution in [3.05, 3.63) is 0 Å². The summed E-state index contributed by atoms with van der Waals surface area (Å²) in [6.45, 7) is 6.35. The van der Waals surface area contributed by atoms with Crippen molar-refractivity contribution >= 4 is 6.41 Å². The number of amides is 1. The molecule has 0 heterocycles. The number of nitrogens with one attached hydrogen (secondary N) is 1. The van der Waals surface area contributed by atoms with E-state index in [1.54, 1.807) is 7.11 Å². The Morgan fingerprint density at radius 2 is 2.25 bits per heavy atom. The summed E-state index contributed by atoms with van der Waals surface area (Å²) in [5.41, 5.74) is 0. The summed E-state index contributed by atoms with van der Waals surface area (Å²) in [4.78, 5) is 12.2. The van der Waals surface area contributed by atoms with Crippen LogP contribution in [0.4, 0.5) is 0 Å². The minimum absolute atomic E-state index is 0.709. The van der Waals surface area contributed by atoms with Crippen LogP contribution in [-0.2, 0) is 9.53 Å². The zero-order valence-corrected chi connectivity index (χ0v) is 7.88. The summed E-state index contributed by atoms with van der Waals surface area (Å²) < 4.78 is 4.95. The van der Waals surface area contributed by atoms with Gasteiger partial charge < -0.3 is 10.1 Å². The zero-order chi connectivity index (χ0) is 9.23. The van der Waals surface area contributed by atoms with Gasteiger partial charge in [-0.1, -0.05) is 6.92 Å². The summed E-state index contributed by atoms with van der Waals surface area (Å²) in [5, 5.41) is 2.63. The Kier molecular flexibility index (Phi) is 8.05. The molecule has 0 aromatic carbocycles. The first-order chi connectivity index (χ1) is 5.85. The zero-order valence-electron chi connectivity index (χ0n) is 7.88. The van der Waals surface area contributed by atoms with Crippen LogP contribution in [0.3, 0.4) is 0 Å². The van der Waals surface area contributed by atoms with Crippen LogP contribution >= 0.6 is 0 Å². The topological polar surface area (TPSA) is 41.6 Å². The molecule has 0 saturated heterocycles. The van der Waals surface area contributed by atoms with Gasteiger partial charge in [-0.25, -0.2) is 0 Å². The molecule has 0 fully saturated rings. The highest BCUT2D eigenvalue weighted by Gasteiger charge is 1.99. The van der Waals surface area contributed by atoms with Crippen molar-refractivity contribution in [3.63, 3.8) is 0 Å². The Hall–Kier alpha value is -0.610. The van der Waals surface area contributed by atoms with Crippen LogP contribution in [0.5, 0.6) is 0 Å². The number of carbonyl (C=O) groups excluding carboxylic acids is 1. The van der Waals surface area contributed by atoms with Crippen molar-refractivity contribution in [3.8, 4) is 0 Å². The second kappa shape index (κ2) is 8.49. The number of ether oxygens (including phenoxy) is 1. The molecule has 0 aliphatic heterocycles. The predicted octanol–water partition coefficient (Wildman–Crippen LogP) is -0.299. The van der Waals surface area contributed by atoms with Crippen molar-refractivity contribution in [1.29, 1.82) is 0 Å². The summed E-state index contributed by atoms with van der Waals surface area (Å²) >= 11 is 0. The molecule has 12 heavy (non-hydrogen) atoms. The highest BCUT2D eigenvalue weighted by Crippen LogP contribution is 1.85. The fourth-order valence-corrected chi connectivity index (χ4v) is 0.930. The maximum absolute atomic E-state index is 9.93. The Balaban J connectivity index is 3.32. The van der Waals surface area contributed by atoms with E-state index in [0.29, 0.717) is 6.54 Å². The molecule has 0 saturated carbocycles. The molecule has 0 aromatic rings. The van der Waals surface area contributed by atoms with E-state index >= 15 is 0 Å². The molecular formula is C8H18N2O2. The van der Waals surface area contributed by atoms with Gasteiger partial charge >= 0.3 is 0 Å². The van der Waals surface area contributed by atoms with Gasteiger partial charge in [0.25, 0.3) is 0 Å². The van der Waals surface area contributed by atoms with Crippen molar-refractivity contribution in [1.82, 2.24) is 10.2 Å². The number of methoxy groups -OCH3 is 1. The van der Waals surface area contributed by atoms with Gasteiger partial charge in [-0.2, -0.15) is 0 Å². The number of likely N-dealkylation sites (N-methyl/N-ethyl adjacent to an activating group) is 1. The van der Waals surface area contributed by atoms with E-state index in [0.717, 1.165) is 32.7 Å². The molecular weight excluding hydrogens is 156 g/mol. The molecule has 1 amide bonds. The average molecular weight is 174 g/mol. The summed E-state index contributed by atoms with van der Waals surface area (Å²) in [6.07, 6.45) is 0.726. The molecule has 0 aromatic heterocycles. The van der Waals surface area contributed by atoms with Gasteiger partial charge in [0, 0.05) is 26.7 Å². The van der Waals surface area contributed by atoms with Gasteiger partial charge in [0.1, 0.15) is 0 Å². The van der Waals surface area contributed by atoms with Gasteiger partial charge in [0.15, 0.2) is 0 Å². The first kappa shape index (κ1) is 11.4. The molecule has 72 valence electrons. The van der Waals surface area contributed by atoms with Gasteiger partial charge in [-0.15, -0.1) is 0 Å². The molecule has 0 rings (SSSR count). The number of carbonyl (C=O) groups is 1. The third-order valence-corrected chi connectivity index (χ3v) is 1.71. The fourth-order valence-electron chi connectivity index (χ4n) is 0.930. The molecule has 0 unspecified atom stereocenters. The lowest BCUT2D eigenvalue weighted by atomic mass is 10.4. The van der Waals surface area contributed by atoms with Crippen LogP contribution < -0.4 is 5.32 Å². The Morgan fingerprint density at radius 3 is 2.75 bits per heavy atom. The molecule has 0 aliphatic rings. The summed E-state index contributed by atoms with van der Waals surface area (Å²) in [6, 6.07) is 0. The molecule has 4 nitrogen and oxygen atoms in total. The van der Waals surface area contributed by atoms with Crippen molar-refractivity contribution < 1.29 is 9.53 Å². The van der Waals surface area contributed by atoms with E-state index in [9.17, 15) is 4.79 Å². The van der Waals surface area contributed by atoms with Gasteiger partial charge in [0.2, 0.25) is 6.41 Å². The first-order valence-electron chi connectivity index (χ1n) is 4.23. The van der Waals surface area contributed by atoms with Gasteiger partial charge in [0.05, 0.1) is 6.61 Å². The second-order valence-electron chi connectivity index (χ2n) is 2.50. The van der Waals surface area contributed by atoms with Crippen LogP contribution in [0.25, 0.3) is 0 Å². The van der Waals surface area contributed by atoms with E-state index in [-0.39, 0.29) is 0 Å². The SMILES string of the molecule is CCN(CCNC=O)CCOC. The normalized spacial score (nSPS) is 10.2. The van der Waals surface area contributed by atoms with E-state index in [1.807, 2.05) is 0 Å². The maximum atomic E-state index is 9.93. The van der Waals surface area contributed by atoms with Crippen LogP contribution in [0, 0.1) is 0 Å². The van der Waals surface area contributed by atoms with Crippen LogP contribution in [0.15, 0.2) is 0 Å². The molecule has 0 aliphatic carbocycles. The van der Waals surface area contributed by atoms with Crippen LogP contribution in [0.1, 0.15) is 6.92 Å². The third-order valence-electron chi connectivity index (χ3n) is 1.71. The standard InChI is InChI=1S/C8H18N2O2/c1-3-10(6-7-12-2)5-4-9-8-11/h8H,3-7H2,1-2H3,(H,9,11). The minimum atomic E-state index is 0.709. The largest absolute Gasteiger partial charge is 0.383 e. The molecule has 0 radical (unpaired) electrons. The van der Waals surface area contributed by atoms with Crippen molar-refractivity contribution in [2.24, 2.45) is 0 Å². The van der Waals surface area contributed by atoms with Crippen LogP contribution in [0.2, 0.25) is 0 Å². The number of rotatable bonds is 8. The van der Waals surface area contributed by atoms with E-state index in [2.05, 4.69) is 17.1 Å². The van der Waals surface area contributed by atoms with Gasteiger partial charge in [-0.3, -0.25) is 9.69 Å². The highest BCUT2D eigenvalue weighted by molar-refractivity contribution is 5.45. The fraction of sp³-hybridized carbons (Fsp3) is 0.875. The lowest BCUT2D eigenvalue weighted by Gasteiger charge is -2.19. The first-order valence-corrected chi connectivity index (χ1v) is 4.23. The molecule has 1 N–H and O–H groups in total. The number of hydrogen-bond acceptors (Lipinski definition) is 3. The van der Waals surface area contributed by atoms with E-state index in [1.165, 1.54) is 0 Å². The average Bonchev–Trinajstić information content (AvgIpc) is 2.11. The quantitative estimate of drug-likeness (QED) is 0.406.